The molecule has 2 aromatic rings. The lowest BCUT2D eigenvalue weighted by Gasteiger charge is -2.04. The van der Waals surface area contributed by atoms with Crippen molar-refractivity contribution in [2.45, 2.75) is 31.3 Å². The summed E-state index contributed by atoms with van der Waals surface area (Å²) in [4.78, 5) is 3.88. The molecule has 22 heavy (non-hydrogen) atoms. The van der Waals surface area contributed by atoms with Crippen LogP contribution in [-0.2, 0) is 17.5 Å². The van der Waals surface area contributed by atoms with E-state index < -0.39 is 0 Å². The van der Waals surface area contributed by atoms with Gasteiger partial charge in [-0.2, -0.15) is 4.73 Å². The highest BCUT2D eigenvalue weighted by atomic mass is 127. The topological polar surface area (TPSA) is 49.1 Å². The molecule has 0 atom stereocenters. The summed E-state index contributed by atoms with van der Waals surface area (Å²) >= 11 is 8.36. The average molecular weight is 433 g/mol. The molecule has 2 heterocycles. The monoisotopic (exact) mass is 432 g/mol. The molecule has 118 valence electrons. The van der Waals surface area contributed by atoms with Crippen molar-refractivity contribution in [2.75, 3.05) is 0 Å². The van der Waals surface area contributed by atoms with Crippen molar-refractivity contribution in [2.24, 2.45) is 5.92 Å². The largest absolute Gasteiger partial charge is 0.618 e. The first kappa shape index (κ1) is 17.3. The second kappa shape index (κ2) is 7.97. The summed E-state index contributed by atoms with van der Waals surface area (Å²) in [6.07, 6.45) is 5.33. The van der Waals surface area contributed by atoms with Crippen molar-refractivity contribution >= 4 is 34.2 Å². The number of benzene rings is 1. The van der Waals surface area contributed by atoms with Crippen LogP contribution in [0.5, 0.6) is 5.75 Å². The number of hydrogen-bond donors (Lipinski definition) is 0. The van der Waals surface area contributed by atoms with Crippen LogP contribution in [0, 0.1) is 11.1 Å². The fourth-order valence-electron chi connectivity index (χ4n) is 2.11. The molecule has 1 aliphatic heterocycles. The Morgan fingerprint density at radius 3 is 2.86 bits per heavy atom. The van der Waals surface area contributed by atoms with Crippen LogP contribution in [0.4, 0.5) is 0 Å². The van der Waals surface area contributed by atoms with Crippen LogP contribution in [0.15, 0.2) is 30.7 Å². The molecule has 0 aliphatic carbocycles. The minimum absolute atomic E-state index is 0.499. The van der Waals surface area contributed by atoms with Crippen LogP contribution in [0.1, 0.15) is 30.7 Å². The number of alkyl halides is 1. The number of rotatable bonds is 3. The molecule has 0 amide bonds. The van der Waals surface area contributed by atoms with Crippen LogP contribution in [0.2, 0.25) is 5.02 Å². The highest BCUT2D eigenvalue weighted by Crippen LogP contribution is 2.33. The molecule has 2 bridgehead atoms. The van der Waals surface area contributed by atoms with Crippen LogP contribution >= 0.6 is 34.2 Å². The van der Waals surface area contributed by atoms with Gasteiger partial charge in [0.1, 0.15) is 12.4 Å². The van der Waals surface area contributed by atoms with E-state index in [1.807, 2.05) is 12.1 Å². The van der Waals surface area contributed by atoms with Crippen molar-refractivity contribution in [3.05, 3.63) is 57.8 Å². The van der Waals surface area contributed by atoms with E-state index in [-0.39, 0.29) is 0 Å². The SMILES string of the molecule is CC(C)Cc1cncc[n+]1[O-].Clc1c(CI)cc2cc1CO2. The Labute approximate surface area is 149 Å². The summed E-state index contributed by atoms with van der Waals surface area (Å²) in [5.74, 6) is 1.45. The molecule has 1 aliphatic rings. The van der Waals surface area contributed by atoms with Gasteiger partial charge in [0.15, 0.2) is 6.20 Å². The number of ether oxygens (including phenoxy) is 1. The van der Waals surface area contributed by atoms with Crippen LogP contribution in [0.25, 0.3) is 0 Å². The third-order valence-electron chi connectivity index (χ3n) is 3.15. The zero-order chi connectivity index (χ0) is 16.1. The lowest BCUT2D eigenvalue weighted by atomic mass is 10.1. The third kappa shape index (κ3) is 4.46. The van der Waals surface area contributed by atoms with Gasteiger partial charge in [0.25, 0.3) is 0 Å². The normalized spacial score (nSPS) is 11.9. The predicted molar refractivity (Wildman–Crippen MR) is 95.2 cm³/mol. The molecule has 0 unspecified atom stereocenters. The fraction of sp³-hybridized carbons (Fsp3) is 0.375. The predicted octanol–water partition coefficient (Wildman–Crippen LogP) is 4.08. The zero-order valence-corrected chi connectivity index (χ0v) is 15.5. The van der Waals surface area contributed by atoms with Gasteiger partial charge in [-0.05, 0) is 23.6 Å². The first-order chi connectivity index (χ1) is 10.5. The van der Waals surface area contributed by atoms with E-state index in [9.17, 15) is 5.21 Å². The average Bonchev–Trinajstić information content (AvgIpc) is 2.90. The Balaban J connectivity index is 0.000000160. The number of aromatic nitrogens is 2. The summed E-state index contributed by atoms with van der Waals surface area (Å²) in [5, 5.41) is 11.9. The molecular formula is C16H18ClIN2O2. The molecule has 0 radical (unpaired) electrons. The number of halogens is 2. The molecule has 1 aromatic heterocycles. The third-order valence-corrected chi connectivity index (χ3v) is 4.45. The van der Waals surface area contributed by atoms with Gasteiger partial charge in [-0.15, -0.1) is 0 Å². The Morgan fingerprint density at radius 2 is 2.23 bits per heavy atom. The zero-order valence-electron chi connectivity index (χ0n) is 12.6. The molecular weight excluding hydrogens is 415 g/mol. The van der Waals surface area contributed by atoms with Crippen molar-refractivity contribution < 1.29 is 9.47 Å². The first-order valence-electron chi connectivity index (χ1n) is 7.03. The fourth-order valence-corrected chi connectivity index (χ4v) is 3.16. The van der Waals surface area contributed by atoms with Gasteiger partial charge in [0.05, 0.1) is 17.4 Å². The first-order valence-corrected chi connectivity index (χ1v) is 8.93. The summed E-state index contributed by atoms with van der Waals surface area (Å²) < 4.78 is 7.13. The van der Waals surface area contributed by atoms with E-state index in [4.69, 9.17) is 16.3 Å². The van der Waals surface area contributed by atoms with Crippen LogP contribution in [-0.4, -0.2) is 4.98 Å². The van der Waals surface area contributed by atoms with E-state index in [2.05, 4.69) is 41.4 Å². The minimum Gasteiger partial charge on any atom is -0.618 e. The smallest absolute Gasteiger partial charge is 0.211 e. The Kier molecular flexibility index (Phi) is 6.26. The number of hydrogen-bond acceptors (Lipinski definition) is 3. The van der Waals surface area contributed by atoms with Crippen molar-refractivity contribution in [1.82, 2.24) is 4.98 Å². The Bertz CT molecular complexity index is 650. The molecule has 0 fully saturated rings. The van der Waals surface area contributed by atoms with Gasteiger partial charge in [0, 0.05) is 16.4 Å². The van der Waals surface area contributed by atoms with Gasteiger partial charge < -0.3 is 9.94 Å². The van der Waals surface area contributed by atoms with Crippen molar-refractivity contribution in [1.29, 1.82) is 0 Å². The van der Waals surface area contributed by atoms with Crippen LogP contribution < -0.4 is 9.47 Å². The molecule has 6 heteroatoms. The maximum absolute atomic E-state index is 11.0. The van der Waals surface area contributed by atoms with E-state index in [1.54, 1.807) is 6.20 Å². The lowest BCUT2D eigenvalue weighted by molar-refractivity contribution is -0.615. The maximum Gasteiger partial charge on any atom is 0.211 e. The standard InChI is InChI=1S/C8H6ClIO.C8H12N2O/c9-8-5(3-10)1-7-2-6(8)4-11-7;1-7(2)5-8-6-9-3-4-10(8)11/h1-2H,3-4H2;3-4,6-7H,5H2,1-2H3. The van der Waals surface area contributed by atoms with E-state index in [0.29, 0.717) is 12.5 Å². The molecule has 3 rings (SSSR count). The summed E-state index contributed by atoms with van der Waals surface area (Å²) in [6, 6.07) is 4.00. The molecule has 0 saturated carbocycles. The second-order valence-electron chi connectivity index (χ2n) is 5.47. The number of fused-ring (bicyclic) bond motifs is 2. The summed E-state index contributed by atoms with van der Waals surface area (Å²) in [6.45, 7) is 4.80. The van der Waals surface area contributed by atoms with E-state index in [0.717, 1.165) is 37.6 Å². The minimum atomic E-state index is 0.499. The molecule has 4 nitrogen and oxygen atoms in total. The van der Waals surface area contributed by atoms with E-state index in [1.165, 1.54) is 18.0 Å². The molecule has 0 spiro atoms. The van der Waals surface area contributed by atoms with Gasteiger partial charge in [-0.25, -0.2) is 0 Å². The molecule has 1 aromatic carbocycles. The summed E-state index contributed by atoms with van der Waals surface area (Å²) in [5.41, 5.74) is 3.04. The highest BCUT2D eigenvalue weighted by Gasteiger charge is 2.14. The number of nitrogens with zero attached hydrogens (tertiary/aromatic N) is 2. The maximum atomic E-state index is 11.0. The highest BCUT2D eigenvalue weighted by molar-refractivity contribution is 14.1. The summed E-state index contributed by atoms with van der Waals surface area (Å²) in [7, 11) is 0. The molecule has 0 saturated heterocycles. The van der Waals surface area contributed by atoms with Gasteiger partial charge in [-0.1, -0.05) is 48.0 Å². The Morgan fingerprint density at radius 1 is 1.45 bits per heavy atom. The van der Waals surface area contributed by atoms with Gasteiger partial charge >= 0.3 is 0 Å². The van der Waals surface area contributed by atoms with Crippen LogP contribution in [0.3, 0.4) is 0 Å². The lowest BCUT2D eigenvalue weighted by Crippen LogP contribution is -2.32. The van der Waals surface area contributed by atoms with Gasteiger partial charge in [0.2, 0.25) is 5.69 Å². The van der Waals surface area contributed by atoms with Crippen molar-refractivity contribution in [3.63, 3.8) is 0 Å². The van der Waals surface area contributed by atoms with Gasteiger partial charge in [-0.3, -0.25) is 4.98 Å². The Hall–Kier alpha value is -1.08. The van der Waals surface area contributed by atoms with E-state index >= 15 is 0 Å². The quantitative estimate of drug-likeness (QED) is 0.318. The second-order valence-corrected chi connectivity index (χ2v) is 6.61. The van der Waals surface area contributed by atoms with Crippen molar-refractivity contribution in [3.8, 4) is 5.75 Å². The molecule has 0 N–H and O–H groups in total.